The van der Waals surface area contributed by atoms with Gasteiger partial charge in [-0.2, -0.15) is 0 Å². The number of fused-ring (bicyclic) bond motifs is 4. The van der Waals surface area contributed by atoms with Gasteiger partial charge in [-0.05, 0) is 38.3 Å². The Morgan fingerprint density at radius 2 is 1.81 bits per heavy atom. The number of nitrogens with zero attached hydrogens (tertiary/aromatic N) is 1. The van der Waals surface area contributed by atoms with E-state index in [-0.39, 0.29) is 24.3 Å². The number of rotatable bonds is 4. The lowest BCUT2D eigenvalue weighted by Crippen LogP contribution is -2.55. The molecule has 2 aromatic rings. The SMILES string of the molecule is Cc1cc(C)c2c(c1)[C@]1(N[C@H]([C@H](C)O)[C@H]3C(=O)N(CCc4ccccc4)C(=O)[C@H]31)C(=O)N2. The molecule has 0 unspecified atom stereocenters. The molecule has 5 atom stereocenters. The van der Waals surface area contributed by atoms with Crippen LogP contribution in [0.5, 0.6) is 0 Å². The van der Waals surface area contributed by atoms with E-state index < -0.39 is 29.5 Å². The van der Waals surface area contributed by atoms with Crippen molar-refractivity contribution in [2.75, 3.05) is 11.9 Å². The van der Waals surface area contributed by atoms with Crippen molar-refractivity contribution in [3.05, 3.63) is 64.7 Å². The third kappa shape index (κ3) is 2.77. The van der Waals surface area contributed by atoms with Crippen LogP contribution in [0.3, 0.4) is 0 Å². The average Bonchev–Trinajstić information content (AvgIpc) is 3.34. The predicted octanol–water partition coefficient (Wildman–Crippen LogP) is 1.65. The minimum atomic E-state index is -1.37. The number of carbonyl (C=O) groups excluding carboxylic acids is 3. The first-order valence-electron chi connectivity index (χ1n) is 11.0. The maximum atomic E-state index is 13.7. The summed E-state index contributed by atoms with van der Waals surface area (Å²) < 4.78 is 0. The van der Waals surface area contributed by atoms with Crippen molar-refractivity contribution in [2.45, 2.75) is 44.9 Å². The Bertz CT molecular complexity index is 1130. The van der Waals surface area contributed by atoms with Gasteiger partial charge >= 0.3 is 0 Å². The van der Waals surface area contributed by atoms with E-state index in [1.54, 1.807) is 6.92 Å². The van der Waals surface area contributed by atoms with Gasteiger partial charge in [0.05, 0.1) is 17.9 Å². The molecular formula is C25H27N3O4. The van der Waals surface area contributed by atoms with Crippen LogP contribution in [0.4, 0.5) is 5.69 Å². The number of aryl methyl sites for hydroxylation is 2. The number of likely N-dealkylation sites (tertiary alicyclic amines) is 1. The van der Waals surface area contributed by atoms with Crippen LogP contribution in [0.2, 0.25) is 0 Å². The Morgan fingerprint density at radius 3 is 2.50 bits per heavy atom. The molecule has 32 heavy (non-hydrogen) atoms. The van der Waals surface area contributed by atoms with Crippen LogP contribution < -0.4 is 10.6 Å². The van der Waals surface area contributed by atoms with Crippen molar-refractivity contribution >= 4 is 23.4 Å². The molecule has 7 heteroatoms. The van der Waals surface area contributed by atoms with Crippen LogP contribution in [-0.4, -0.2) is 46.4 Å². The van der Waals surface area contributed by atoms with E-state index in [9.17, 15) is 19.5 Å². The number of amides is 3. The predicted molar refractivity (Wildman–Crippen MR) is 119 cm³/mol. The molecule has 3 amide bonds. The highest BCUT2D eigenvalue weighted by atomic mass is 16.3. The molecule has 1 spiro atoms. The van der Waals surface area contributed by atoms with Gasteiger partial charge in [-0.25, -0.2) is 0 Å². The van der Waals surface area contributed by atoms with E-state index in [4.69, 9.17) is 0 Å². The number of carbonyl (C=O) groups is 3. The molecule has 7 nitrogen and oxygen atoms in total. The van der Waals surface area contributed by atoms with Gasteiger partial charge in [0.2, 0.25) is 17.7 Å². The summed E-state index contributed by atoms with van der Waals surface area (Å²) in [5, 5.41) is 16.7. The molecule has 3 aliphatic heterocycles. The lowest BCUT2D eigenvalue weighted by Gasteiger charge is -2.30. The summed E-state index contributed by atoms with van der Waals surface area (Å²) in [5.74, 6) is -2.71. The smallest absolute Gasteiger partial charge is 0.250 e. The molecule has 0 bridgehead atoms. The Hall–Kier alpha value is -3.03. The first-order valence-corrected chi connectivity index (χ1v) is 11.0. The summed E-state index contributed by atoms with van der Waals surface area (Å²) in [6, 6.07) is 12.9. The zero-order valence-electron chi connectivity index (χ0n) is 18.4. The number of hydrogen-bond acceptors (Lipinski definition) is 5. The number of aliphatic hydroxyl groups excluding tert-OH is 1. The molecule has 166 valence electrons. The van der Waals surface area contributed by atoms with Crippen molar-refractivity contribution in [1.29, 1.82) is 0 Å². The van der Waals surface area contributed by atoms with Crippen molar-refractivity contribution in [2.24, 2.45) is 11.8 Å². The van der Waals surface area contributed by atoms with E-state index >= 15 is 0 Å². The molecule has 2 aromatic carbocycles. The lowest BCUT2D eigenvalue weighted by molar-refractivity contribution is -0.143. The molecule has 5 rings (SSSR count). The van der Waals surface area contributed by atoms with Crippen molar-refractivity contribution < 1.29 is 19.5 Å². The minimum absolute atomic E-state index is 0.249. The van der Waals surface area contributed by atoms with E-state index in [0.29, 0.717) is 17.7 Å². The average molecular weight is 434 g/mol. The van der Waals surface area contributed by atoms with Gasteiger partial charge in [0.25, 0.3) is 0 Å². The summed E-state index contributed by atoms with van der Waals surface area (Å²) in [6.07, 6.45) is -0.367. The number of benzene rings is 2. The highest BCUT2D eigenvalue weighted by Crippen LogP contribution is 2.54. The van der Waals surface area contributed by atoms with E-state index in [2.05, 4.69) is 10.6 Å². The summed E-state index contributed by atoms with van der Waals surface area (Å²) in [5.41, 5.74) is 2.90. The summed E-state index contributed by atoms with van der Waals surface area (Å²) in [4.78, 5) is 41.8. The Labute approximate surface area is 186 Å². The molecule has 3 heterocycles. The fourth-order valence-corrected chi connectivity index (χ4v) is 5.77. The van der Waals surface area contributed by atoms with Gasteiger partial charge in [0.15, 0.2) is 0 Å². The largest absolute Gasteiger partial charge is 0.392 e. The zero-order valence-corrected chi connectivity index (χ0v) is 18.4. The summed E-state index contributed by atoms with van der Waals surface area (Å²) in [7, 11) is 0. The van der Waals surface area contributed by atoms with Crippen LogP contribution in [0, 0.1) is 25.7 Å². The molecule has 0 radical (unpaired) electrons. The Morgan fingerprint density at radius 1 is 1.09 bits per heavy atom. The van der Waals surface area contributed by atoms with Crippen LogP contribution in [0.1, 0.15) is 29.2 Å². The number of anilines is 1. The monoisotopic (exact) mass is 433 g/mol. The van der Waals surface area contributed by atoms with Gasteiger partial charge in [-0.3, -0.25) is 24.6 Å². The highest BCUT2D eigenvalue weighted by molar-refractivity contribution is 6.15. The van der Waals surface area contributed by atoms with Gasteiger partial charge < -0.3 is 10.4 Å². The maximum absolute atomic E-state index is 13.7. The number of nitrogens with one attached hydrogen (secondary N) is 2. The maximum Gasteiger partial charge on any atom is 0.250 e. The van der Waals surface area contributed by atoms with Crippen molar-refractivity contribution in [3.8, 4) is 0 Å². The third-order valence-electron chi connectivity index (χ3n) is 7.18. The van der Waals surface area contributed by atoms with E-state index in [1.807, 2.05) is 56.3 Å². The summed E-state index contributed by atoms with van der Waals surface area (Å²) >= 11 is 0. The van der Waals surface area contributed by atoms with Crippen LogP contribution in [0.15, 0.2) is 42.5 Å². The molecule has 2 fully saturated rings. The number of aliphatic hydroxyl groups is 1. The van der Waals surface area contributed by atoms with Crippen molar-refractivity contribution in [3.63, 3.8) is 0 Å². The molecule has 0 saturated carbocycles. The number of imide groups is 1. The van der Waals surface area contributed by atoms with Crippen molar-refractivity contribution in [1.82, 2.24) is 10.2 Å². The van der Waals surface area contributed by atoms with Crippen LogP contribution in [-0.2, 0) is 26.3 Å². The van der Waals surface area contributed by atoms with Gasteiger partial charge in [-0.1, -0.05) is 48.0 Å². The second-order valence-corrected chi connectivity index (χ2v) is 9.24. The quantitative estimate of drug-likeness (QED) is 0.637. The molecule has 3 aliphatic rings. The Kier molecular flexibility index (Phi) is 4.72. The second-order valence-electron chi connectivity index (χ2n) is 9.24. The highest BCUT2D eigenvalue weighted by Gasteiger charge is 2.71. The first kappa shape index (κ1) is 20.8. The Balaban J connectivity index is 1.58. The van der Waals surface area contributed by atoms with Gasteiger partial charge in [0, 0.05) is 23.8 Å². The van der Waals surface area contributed by atoms with Crippen LogP contribution >= 0.6 is 0 Å². The van der Waals surface area contributed by atoms with Crippen LogP contribution in [0.25, 0.3) is 0 Å². The summed E-state index contributed by atoms with van der Waals surface area (Å²) in [6.45, 7) is 5.69. The molecule has 0 aromatic heterocycles. The fourth-order valence-electron chi connectivity index (χ4n) is 5.77. The molecule has 3 N–H and O–H groups in total. The molecular weight excluding hydrogens is 406 g/mol. The second kappa shape index (κ2) is 7.25. The fraction of sp³-hybridized carbons (Fsp3) is 0.400. The van der Waals surface area contributed by atoms with E-state index in [0.717, 1.165) is 16.7 Å². The minimum Gasteiger partial charge on any atom is -0.392 e. The lowest BCUT2D eigenvalue weighted by atomic mass is 9.75. The van der Waals surface area contributed by atoms with E-state index in [1.165, 1.54) is 4.90 Å². The van der Waals surface area contributed by atoms with Gasteiger partial charge in [-0.15, -0.1) is 0 Å². The first-order chi connectivity index (χ1) is 15.3. The number of hydrogen-bond donors (Lipinski definition) is 3. The standard InChI is InChI=1S/C25H27N3O4/c1-13-11-14(2)20-17(12-13)25(24(32)26-20)19-18(21(27-25)15(3)29)22(30)28(23(19)31)10-9-16-7-5-4-6-8-16/h4-8,11-12,15,18-19,21,27,29H,9-10H2,1-3H3,(H,26,32)/t15-,18-,19-,21+,25+/m0/s1. The topological polar surface area (TPSA) is 98.7 Å². The zero-order chi connectivity index (χ0) is 22.8. The molecule has 2 saturated heterocycles. The molecule has 0 aliphatic carbocycles. The normalized spacial score (nSPS) is 29.4. The van der Waals surface area contributed by atoms with Gasteiger partial charge in [0.1, 0.15) is 5.54 Å². The third-order valence-corrected chi connectivity index (χ3v) is 7.18.